The Morgan fingerprint density at radius 3 is 2.58 bits per heavy atom. The molecule has 2 rings (SSSR count). The van der Waals surface area contributed by atoms with Crippen molar-refractivity contribution in [3.63, 3.8) is 0 Å². The molecular formula is C15H26N4. The standard InChI is InChI=1S/C15H26N4/c1-4-6-11(3)17-14-10-13(16-9-5-2)18-15(19-14)12-7-8-12/h10-12H,4-9H2,1-3H3,(H2,16,17,18,19). The molecule has 0 spiro atoms. The van der Waals surface area contributed by atoms with E-state index < -0.39 is 0 Å². The molecule has 1 aromatic rings. The first-order valence-electron chi connectivity index (χ1n) is 7.62. The maximum Gasteiger partial charge on any atom is 0.136 e. The summed E-state index contributed by atoms with van der Waals surface area (Å²) in [4.78, 5) is 9.29. The molecule has 1 aromatic heterocycles. The highest BCUT2D eigenvalue weighted by Gasteiger charge is 2.27. The summed E-state index contributed by atoms with van der Waals surface area (Å²) in [5.41, 5.74) is 0. The molecule has 0 amide bonds. The van der Waals surface area contributed by atoms with E-state index in [1.807, 2.05) is 6.07 Å². The molecule has 1 fully saturated rings. The third-order valence-electron chi connectivity index (χ3n) is 3.36. The van der Waals surface area contributed by atoms with Crippen molar-refractivity contribution in [3.05, 3.63) is 11.9 Å². The summed E-state index contributed by atoms with van der Waals surface area (Å²) < 4.78 is 0. The molecule has 1 aliphatic carbocycles. The summed E-state index contributed by atoms with van der Waals surface area (Å²) in [5, 5.41) is 6.86. The Morgan fingerprint density at radius 2 is 1.95 bits per heavy atom. The van der Waals surface area contributed by atoms with Gasteiger partial charge >= 0.3 is 0 Å². The van der Waals surface area contributed by atoms with Crippen LogP contribution in [0.5, 0.6) is 0 Å². The smallest absolute Gasteiger partial charge is 0.136 e. The molecular weight excluding hydrogens is 236 g/mol. The van der Waals surface area contributed by atoms with Crippen LogP contribution in [0, 0.1) is 0 Å². The second-order valence-electron chi connectivity index (χ2n) is 5.53. The van der Waals surface area contributed by atoms with Crippen molar-refractivity contribution in [2.24, 2.45) is 0 Å². The zero-order valence-electron chi connectivity index (χ0n) is 12.4. The monoisotopic (exact) mass is 262 g/mol. The molecule has 1 unspecified atom stereocenters. The Hall–Kier alpha value is -1.32. The van der Waals surface area contributed by atoms with E-state index in [0.29, 0.717) is 12.0 Å². The normalized spacial score (nSPS) is 16.2. The molecule has 0 aliphatic heterocycles. The molecule has 0 bridgehead atoms. The predicted octanol–water partition coefficient (Wildman–Crippen LogP) is 3.78. The highest BCUT2D eigenvalue weighted by Crippen LogP contribution is 2.38. The predicted molar refractivity (Wildman–Crippen MR) is 80.8 cm³/mol. The Kier molecular flexibility index (Phi) is 5.00. The third kappa shape index (κ3) is 4.37. The Balaban J connectivity index is 2.09. The first-order valence-corrected chi connectivity index (χ1v) is 7.62. The first kappa shape index (κ1) is 14.1. The minimum Gasteiger partial charge on any atom is -0.370 e. The fourth-order valence-electron chi connectivity index (χ4n) is 2.17. The van der Waals surface area contributed by atoms with Crippen molar-refractivity contribution in [1.82, 2.24) is 9.97 Å². The highest BCUT2D eigenvalue weighted by atomic mass is 15.1. The SMILES string of the molecule is CCCNc1cc(NC(C)CCC)nc(C2CC2)n1. The summed E-state index contributed by atoms with van der Waals surface area (Å²) in [6.07, 6.45) is 5.94. The average Bonchev–Trinajstić information content (AvgIpc) is 3.20. The lowest BCUT2D eigenvalue weighted by Gasteiger charge is -2.15. The van der Waals surface area contributed by atoms with Gasteiger partial charge in [0, 0.05) is 24.6 Å². The molecule has 1 saturated carbocycles. The van der Waals surface area contributed by atoms with Gasteiger partial charge in [0.1, 0.15) is 17.5 Å². The van der Waals surface area contributed by atoms with E-state index in [2.05, 4.69) is 41.4 Å². The maximum absolute atomic E-state index is 4.66. The van der Waals surface area contributed by atoms with Crippen LogP contribution in [0.25, 0.3) is 0 Å². The van der Waals surface area contributed by atoms with Crippen molar-refractivity contribution in [2.75, 3.05) is 17.2 Å². The van der Waals surface area contributed by atoms with Gasteiger partial charge in [0.2, 0.25) is 0 Å². The summed E-state index contributed by atoms with van der Waals surface area (Å²) >= 11 is 0. The zero-order valence-corrected chi connectivity index (χ0v) is 12.4. The van der Waals surface area contributed by atoms with Crippen LogP contribution in [-0.4, -0.2) is 22.6 Å². The van der Waals surface area contributed by atoms with E-state index in [1.54, 1.807) is 0 Å². The quantitative estimate of drug-likeness (QED) is 0.748. The van der Waals surface area contributed by atoms with Crippen molar-refractivity contribution >= 4 is 11.6 Å². The van der Waals surface area contributed by atoms with Crippen LogP contribution in [0.2, 0.25) is 0 Å². The number of aromatic nitrogens is 2. The van der Waals surface area contributed by atoms with Crippen molar-refractivity contribution < 1.29 is 0 Å². The van der Waals surface area contributed by atoms with Crippen LogP contribution in [0.15, 0.2) is 6.07 Å². The largest absolute Gasteiger partial charge is 0.370 e. The van der Waals surface area contributed by atoms with Crippen LogP contribution in [0.3, 0.4) is 0 Å². The van der Waals surface area contributed by atoms with E-state index >= 15 is 0 Å². The number of nitrogens with zero attached hydrogens (tertiary/aromatic N) is 2. The molecule has 106 valence electrons. The molecule has 1 aliphatic rings. The van der Waals surface area contributed by atoms with Crippen LogP contribution >= 0.6 is 0 Å². The van der Waals surface area contributed by atoms with Gasteiger partial charge < -0.3 is 10.6 Å². The Bertz CT molecular complexity index is 401. The fraction of sp³-hybridized carbons (Fsp3) is 0.733. The number of hydrogen-bond acceptors (Lipinski definition) is 4. The van der Waals surface area contributed by atoms with Crippen LogP contribution in [0.4, 0.5) is 11.6 Å². The second-order valence-corrected chi connectivity index (χ2v) is 5.53. The number of hydrogen-bond donors (Lipinski definition) is 2. The molecule has 19 heavy (non-hydrogen) atoms. The highest BCUT2D eigenvalue weighted by molar-refractivity contribution is 5.48. The Morgan fingerprint density at radius 1 is 1.21 bits per heavy atom. The van der Waals surface area contributed by atoms with Crippen molar-refractivity contribution in [3.8, 4) is 0 Å². The van der Waals surface area contributed by atoms with Crippen molar-refractivity contribution in [1.29, 1.82) is 0 Å². The zero-order chi connectivity index (χ0) is 13.7. The summed E-state index contributed by atoms with van der Waals surface area (Å²) in [6.45, 7) is 7.55. The lowest BCUT2D eigenvalue weighted by atomic mass is 10.2. The van der Waals surface area contributed by atoms with E-state index in [-0.39, 0.29) is 0 Å². The molecule has 1 atom stereocenters. The molecule has 0 radical (unpaired) electrons. The summed E-state index contributed by atoms with van der Waals surface area (Å²) in [6, 6.07) is 2.50. The molecule has 4 heteroatoms. The minimum absolute atomic E-state index is 0.464. The number of nitrogens with one attached hydrogen (secondary N) is 2. The van der Waals surface area contributed by atoms with Crippen LogP contribution in [0.1, 0.15) is 64.6 Å². The van der Waals surface area contributed by atoms with Crippen LogP contribution in [-0.2, 0) is 0 Å². The van der Waals surface area contributed by atoms with E-state index in [1.165, 1.54) is 25.7 Å². The summed E-state index contributed by atoms with van der Waals surface area (Å²) in [5.74, 6) is 3.53. The van der Waals surface area contributed by atoms with Gasteiger partial charge in [-0.1, -0.05) is 20.3 Å². The number of rotatable bonds is 8. The van der Waals surface area contributed by atoms with Gasteiger partial charge in [0.15, 0.2) is 0 Å². The van der Waals surface area contributed by atoms with Gasteiger partial charge in [-0.3, -0.25) is 0 Å². The van der Waals surface area contributed by atoms with Gasteiger partial charge in [0.25, 0.3) is 0 Å². The topological polar surface area (TPSA) is 49.8 Å². The van der Waals surface area contributed by atoms with E-state index in [9.17, 15) is 0 Å². The molecule has 0 aromatic carbocycles. The van der Waals surface area contributed by atoms with E-state index in [4.69, 9.17) is 0 Å². The minimum atomic E-state index is 0.464. The maximum atomic E-state index is 4.66. The average molecular weight is 262 g/mol. The Labute approximate surface area is 116 Å². The fourth-order valence-corrected chi connectivity index (χ4v) is 2.17. The van der Waals surface area contributed by atoms with Gasteiger partial charge in [-0.05, 0) is 32.6 Å². The lowest BCUT2D eigenvalue weighted by Crippen LogP contribution is -2.17. The molecule has 1 heterocycles. The van der Waals surface area contributed by atoms with Crippen LogP contribution < -0.4 is 10.6 Å². The molecule has 2 N–H and O–H groups in total. The van der Waals surface area contributed by atoms with Gasteiger partial charge in [-0.15, -0.1) is 0 Å². The molecule has 4 nitrogen and oxygen atoms in total. The van der Waals surface area contributed by atoms with E-state index in [0.717, 1.165) is 30.4 Å². The summed E-state index contributed by atoms with van der Waals surface area (Å²) in [7, 11) is 0. The third-order valence-corrected chi connectivity index (χ3v) is 3.36. The van der Waals surface area contributed by atoms with Gasteiger partial charge in [-0.25, -0.2) is 9.97 Å². The molecule has 0 saturated heterocycles. The second kappa shape index (κ2) is 6.73. The first-order chi connectivity index (χ1) is 9.22. The van der Waals surface area contributed by atoms with Gasteiger partial charge in [0.05, 0.1) is 0 Å². The lowest BCUT2D eigenvalue weighted by molar-refractivity contribution is 0.686. The number of anilines is 2. The van der Waals surface area contributed by atoms with Crippen molar-refractivity contribution in [2.45, 2.75) is 64.8 Å². The van der Waals surface area contributed by atoms with Gasteiger partial charge in [-0.2, -0.15) is 0 Å².